The molecule has 0 N–H and O–H groups in total. The van der Waals surface area contributed by atoms with Gasteiger partial charge in [0.2, 0.25) is 16.8 Å². The maximum absolute atomic E-state index is 13.0. The van der Waals surface area contributed by atoms with E-state index < -0.39 is 14.9 Å². The van der Waals surface area contributed by atoms with Crippen molar-refractivity contribution in [3.8, 4) is 11.5 Å². The van der Waals surface area contributed by atoms with Gasteiger partial charge in [-0.05, 0) is 24.3 Å². The summed E-state index contributed by atoms with van der Waals surface area (Å²) in [7, 11) is -3.83. The molecule has 2 aliphatic rings. The lowest BCUT2D eigenvalue weighted by Crippen LogP contribution is -2.49. The highest BCUT2D eigenvalue weighted by molar-refractivity contribution is 7.89. The van der Waals surface area contributed by atoms with E-state index in [1.807, 2.05) is 0 Å². The van der Waals surface area contributed by atoms with Crippen LogP contribution in [0.2, 0.25) is 0 Å². The number of fused-ring (bicyclic) bond motifs is 1. The van der Waals surface area contributed by atoms with Crippen molar-refractivity contribution in [2.75, 3.05) is 51.0 Å². The summed E-state index contributed by atoms with van der Waals surface area (Å²) < 4.78 is 37.7. The van der Waals surface area contributed by atoms with Crippen molar-refractivity contribution in [3.05, 3.63) is 52.1 Å². The molecule has 0 spiro atoms. The molecule has 11 nitrogen and oxygen atoms in total. The van der Waals surface area contributed by atoms with Crippen LogP contribution in [0.3, 0.4) is 0 Å². The van der Waals surface area contributed by atoms with Gasteiger partial charge in [0.15, 0.2) is 11.5 Å². The standard InChI is InChI=1S/C22H26N4O7S/c1-3-25(4-2)34(30,31)16-8-9-18(19(14-16)26(28)29)23-10-12-24(13-11-23)22(27)17-6-5-7-20-21(17)33-15-32-20/h5-9,14H,3-4,10-13,15H2,1-2H3. The molecule has 0 atom stereocenters. The van der Waals surface area contributed by atoms with Crippen LogP contribution in [0.5, 0.6) is 11.5 Å². The number of para-hydroxylation sites is 1. The van der Waals surface area contributed by atoms with Gasteiger partial charge in [-0.1, -0.05) is 19.9 Å². The zero-order valence-electron chi connectivity index (χ0n) is 19.0. The van der Waals surface area contributed by atoms with E-state index in [1.165, 1.54) is 16.4 Å². The van der Waals surface area contributed by atoms with E-state index in [-0.39, 0.29) is 36.4 Å². The summed E-state index contributed by atoms with van der Waals surface area (Å²) in [4.78, 5) is 27.6. The Kier molecular flexibility index (Phi) is 6.62. The number of anilines is 1. The van der Waals surface area contributed by atoms with Gasteiger partial charge in [-0.2, -0.15) is 4.31 Å². The molecule has 0 saturated carbocycles. The minimum absolute atomic E-state index is 0.0665. The highest BCUT2D eigenvalue weighted by atomic mass is 32.2. The van der Waals surface area contributed by atoms with E-state index in [1.54, 1.807) is 41.8 Å². The first-order valence-corrected chi connectivity index (χ1v) is 12.4. The van der Waals surface area contributed by atoms with Crippen LogP contribution in [0.1, 0.15) is 24.2 Å². The summed E-state index contributed by atoms with van der Waals surface area (Å²) in [5.74, 6) is 0.757. The second-order valence-electron chi connectivity index (χ2n) is 7.82. The fourth-order valence-corrected chi connectivity index (χ4v) is 5.69. The number of nitro groups is 1. The average molecular weight is 491 g/mol. The maximum Gasteiger partial charge on any atom is 0.293 e. The molecule has 0 bridgehead atoms. The summed E-state index contributed by atoms with van der Waals surface area (Å²) in [5.41, 5.74) is 0.466. The van der Waals surface area contributed by atoms with Gasteiger partial charge in [-0.25, -0.2) is 8.42 Å². The normalized spacial score (nSPS) is 15.6. The Morgan fingerprint density at radius 1 is 1.09 bits per heavy atom. The van der Waals surface area contributed by atoms with E-state index >= 15 is 0 Å². The molecule has 1 amide bonds. The largest absolute Gasteiger partial charge is 0.454 e. The Morgan fingerprint density at radius 2 is 1.79 bits per heavy atom. The second kappa shape index (κ2) is 9.47. The van der Waals surface area contributed by atoms with E-state index in [0.29, 0.717) is 48.9 Å². The number of ether oxygens (including phenoxy) is 2. The molecule has 0 aliphatic carbocycles. The second-order valence-corrected chi connectivity index (χ2v) is 9.75. The minimum atomic E-state index is -3.83. The Hall–Kier alpha value is -3.38. The predicted octanol–water partition coefficient (Wildman–Crippen LogP) is 2.32. The number of amides is 1. The van der Waals surface area contributed by atoms with Gasteiger partial charge in [0.05, 0.1) is 15.4 Å². The van der Waals surface area contributed by atoms with E-state index in [9.17, 15) is 23.3 Å². The molecule has 2 aromatic rings. The first kappa shape index (κ1) is 23.8. The van der Waals surface area contributed by atoms with Crippen molar-refractivity contribution in [1.29, 1.82) is 0 Å². The summed E-state index contributed by atoms with van der Waals surface area (Å²) >= 11 is 0. The smallest absolute Gasteiger partial charge is 0.293 e. The zero-order chi connectivity index (χ0) is 24.5. The van der Waals surface area contributed by atoms with Crippen molar-refractivity contribution in [2.24, 2.45) is 0 Å². The summed E-state index contributed by atoms with van der Waals surface area (Å²) in [6.45, 7) is 5.46. The molecule has 0 unspecified atom stereocenters. The number of hydrogen-bond acceptors (Lipinski definition) is 8. The van der Waals surface area contributed by atoms with Crippen LogP contribution in [-0.4, -0.2) is 74.5 Å². The van der Waals surface area contributed by atoms with Gasteiger partial charge in [-0.3, -0.25) is 14.9 Å². The van der Waals surface area contributed by atoms with Crippen molar-refractivity contribution in [2.45, 2.75) is 18.7 Å². The first-order valence-electron chi connectivity index (χ1n) is 11.0. The van der Waals surface area contributed by atoms with Crippen LogP contribution < -0.4 is 14.4 Å². The van der Waals surface area contributed by atoms with Crippen LogP contribution in [0.4, 0.5) is 11.4 Å². The van der Waals surface area contributed by atoms with Gasteiger partial charge in [0.1, 0.15) is 5.69 Å². The van der Waals surface area contributed by atoms with E-state index in [4.69, 9.17) is 9.47 Å². The number of carbonyl (C=O) groups excluding carboxylic acids is 1. The SMILES string of the molecule is CCN(CC)S(=O)(=O)c1ccc(N2CCN(C(=O)c3cccc4c3OCO4)CC2)c([N+](=O)[O-])c1. The van der Waals surface area contributed by atoms with Crippen molar-refractivity contribution < 1.29 is 27.6 Å². The molecule has 12 heteroatoms. The fraction of sp³-hybridized carbons (Fsp3) is 0.409. The number of hydrogen-bond donors (Lipinski definition) is 0. The van der Waals surface area contributed by atoms with E-state index in [2.05, 4.69) is 0 Å². The zero-order valence-corrected chi connectivity index (χ0v) is 19.8. The average Bonchev–Trinajstić information content (AvgIpc) is 3.33. The molecule has 1 saturated heterocycles. The Morgan fingerprint density at radius 3 is 2.44 bits per heavy atom. The highest BCUT2D eigenvalue weighted by Crippen LogP contribution is 2.37. The van der Waals surface area contributed by atoms with Gasteiger partial charge in [0.25, 0.3) is 11.6 Å². The summed E-state index contributed by atoms with van der Waals surface area (Å²) in [6.07, 6.45) is 0. The maximum atomic E-state index is 13.0. The molecule has 2 aliphatic heterocycles. The highest BCUT2D eigenvalue weighted by Gasteiger charge is 2.31. The Balaban J connectivity index is 1.53. The number of rotatable bonds is 7. The third kappa shape index (κ3) is 4.26. The lowest BCUT2D eigenvalue weighted by molar-refractivity contribution is -0.384. The van der Waals surface area contributed by atoms with Crippen molar-refractivity contribution in [3.63, 3.8) is 0 Å². The number of nitro benzene ring substituents is 1. The molecule has 1 fully saturated rings. The monoisotopic (exact) mass is 490 g/mol. The molecule has 2 heterocycles. The molecule has 0 radical (unpaired) electrons. The van der Waals surface area contributed by atoms with Crippen LogP contribution in [-0.2, 0) is 10.0 Å². The molecule has 2 aromatic carbocycles. The number of benzene rings is 2. The summed E-state index contributed by atoms with van der Waals surface area (Å²) in [5, 5.41) is 11.8. The van der Waals surface area contributed by atoms with Crippen LogP contribution in [0, 0.1) is 10.1 Å². The Labute approximate surface area is 197 Å². The van der Waals surface area contributed by atoms with Crippen molar-refractivity contribution in [1.82, 2.24) is 9.21 Å². The fourth-order valence-electron chi connectivity index (χ4n) is 4.21. The minimum Gasteiger partial charge on any atom is -0.454 e. The molecule has 4 rings (SSSR count). The number of piperazine rings is 1. The topological polar surface area (TPSA) is 123 Å². The molecular formula is C22H26N4O7S. The molecule has 182 valence electrons. The van der Waals surface area contributed by atoms with Crippen molar-refractivity contribution >= 4 is 27.3 Å². The van der Waals surface area contributed by atoms with Crippen LogP contribution in [0.25, 0.3) is 0 Å². The van der Waals surface area contributed by atoms with Gasteiger partial charge < -0.3 is 19.3 Å². The Bertz CT molecular complexity index is 1210. The van der Waals surface area contributed by atoms with Gasteiger partial charge in [0, 0.05) is 45.3 Å². The van der Waals surface area contributed by atoms with E-state index in [0.717, 1.165) is 6.07 Å². The third-order valence-electron chi connectivity index (χ3n) is 6.02. The first-order chi connectivity index (χ1) is 16.3. The van der Waals surface area contributed by atoms with Crippen LogP contribution >= 0.6 is 0 Å². The van der Waals surface area contributed by atoms with Gasteiger partial charge >= 0.3 is 0 Å². The quantitative estimate of drug-likeness (QED) is 0.428. The third-order valence-corrected chi connectivity index (χ3v) is 8.07. The lowest BCUT2D eigenvalue weighted by atomic mass is 10.1. The molecule has 0 aromatic heterocycles. The number of nitrogens with zero attached hydrogens (tertiary/aromatic N) is 4. The summed E-state index contributed by atoms with van der Waals surface area (Å²) in [6, 6.07) is 9.14. The lowest BCUT2D eigenvalue weighted by Gasteiger charge is -2.36. The number of carbonyl (C=O) groups is 1. The van der Waals surface area contributed by atoms with Gasteiger partial charge in [-0.15, -0.1) is 0 Å². The predicted molar refractivity (Wildman–Crippen MR) is 124 cm³/mol. The molecular weight excluding hydrogens is 464 g/mol. The van der Waals surface area contributed by atoms with Crippen LogP contribution in [0.15, 0.2) is 41.3 Å². The number of sulfonamides is 1. The molecule has 34 heavy (non-hydrogen) atoms.